The average Bonchev–Trinajstić information content (AvgIpc) is 3.12. The normalized spacial score (nSPS) is 35.2. The first kappa shape index (κ1) is 16.1. The van der Waals surface area contributed by atoms with E-state index in [9.17, 15) is 4.79 Å². The zero-order chi connectivity index (χ0) is 13.5. The molecule has 2 saturated carbocycles. The molecule has 1 unspecified atom stereocenters. The number of carbonyl (C=O) groups is 1. The average molecular weight is 301 g/mol. The summed E-state index contributed by atoms with van der Waals surface area (Å²) in [6.45, 7) is 4.55. The molecular formula is C16H29ClN2O. The number of nitrogens with one attached hydrogen (secondary N) is 1. The standard InChI is InChI=1S/C16H28N2O.ClH/c1-12-3-5-13(6-4-12)18(2)15(19)14-11-16(14)7-9-17-10-8-16;/h12-14,17H,3-11H2,1-2H3;1H. The topological polar surface area (TPSA) is 32.3 Å². The van der Waals surface area contributed by atoms with Crippen molar-refractivity contribution >= 4 is 18.3 Å². The highest BCUT2D eigenvalue weighted by Gasteiger charge is 2.58. The van der Waals surface area contributed by atoms with Crippen molar-refractivity contribution in [2.24, 2.45) is 17.3 Å². The molecule has 3 nitrogen and oxygen atoms in total. The maximum Gasteiger partial charge on any atom is 0.226 e. The molecule has 4 heteroatoms. The first-order valence-electron chi connectivity index (χ1n) is 8.10. The molecular weight excluding hydrogens is 272 g/mol. The third kappa shape index (κ3) is 2.99. The van der Waals surface area contributed by atoms with Gasteiger partial charge in [0.2, 0.25) is 5.91 Å². The number of amides is 1. The molecule has 0 aromatic carbocycles. The van der Waals surface area contributed by atoms with Gasteiger partial charge in [-0.1, -0.05) is 6.92 Å². The summed E-state index contributed by atoms with van der Waals surface area (Å²) in [4.78, 5) is 14.8. The summed E-state index contributed by atoms with van der Waals surface area (Å²) in [6.07, 6.45) is 8.58. The fourth-order valence-corrected chi connectivity index (χ4v) is 4.23. The van der Waals surface area contributed by atoms with E-state index in [1.165, 1.54) is 38.5 Å². The number of halogens is 1. The van der Waals surface area contributed by atoms with Gasteiger partial charge in [-0.05, 0) is 69.4 Å². The van der Waals surface area contributed by atoms with Gasteiger partial charge in [0.15, 0.2) is 0 Å². The molecule has 3 aliphatic rings. The van der Waals surface area contributed by atoms with Crippen LogP contribution in [0.15, 0.2) is 0 Å². The van der Waals surface area contributed by atoms with E-state index in [0.29, 0.717) is 23.3 Å². The van der Waals surface area contributed by atoms with Crippen LogP contribution in [0.25, 0.3) is 0 Å². The van der Waals surface area contributed by atoms with Gasteiger partial charge >= 0.3 is 0 Å². The van der Waals surface area contributed by atoms with Crippen molar-refractivity contribution in [3.05, 3.63) is 0 Å². The van der Waals surface area contributed by atoms with Gasteiger partial charge in [-0.3, -0.25) is 4.79 Å². The van der Waals surface area contributed by atoms with Crippen LogP contribution in [0.4, 0.5) is 0 Å². The molecule has 1 spiro atoms. The highest BCUT2D eigenvalue weighted by molar-refractivity contribution is 5.85. The first-order valence-corrected chi connectivity index (χ1v) is 8.10. The number of hydrogen-bond donors (Lipinski definition) is 1. The fraction of sp³-hybridized carbons (Fsp3) is 0.938. The van der Waals surface area contributed by atoms with E-state index < -0.39 is 0 Å². The number of carbonyl (C=O) groups excluding carboxylic acids is 1. The van der Waals surface area contributed by atoms with Crippen molar-refractivity contribution in [3.63, 3.8) is 0 Å². The van der Waals surface area contributed by atoms with E-state index in [-0.39, 0.29) is 12.4 Å². The van der Waals surface area contributed by atoms with E-state index >= 15 is 0 Å². The molecule has 20 heavy (non-hydrogen) atoms. The van der Waals surface area contributed by atoms with Crippen LogP contribution in [-0.2, 0) is 4.79 Å². The van der Waals surface area contributed by atoms with Gasteiger partial charge in [0.1, 0.15) is 0 Å². The molecule has 1 atom stereocenters. The third-order valence-corrected chi connectivity index (χ3v) is 5.97. The zero-order valence-corrected chi connectivity index (χ0v) is 13.7. The summed E-state index contributed by atoms with van der Waals surface area (Å²) in [5, 5.41) is 3.41. The minimum Gasteiger partial charge on any atom is -0.343 e. The Morgan fingerprint density at radius 2 is 1.75 bits per heavy atom. The van der Waals surface area contributed by atoms with E-state index in [0.717, 1.165) is 25.4 Å². The Morgan fingerprint density at radius 3 is 2.35 bits per heavy atom. The molecule has 2 aliphatic carbocycles. The van der Waals surface area contributed by atoms with Gasteiger partial charge in [-0.2, -0.15) is 0 Å². The Kier molecular flexibility index (Phi) is 5.01. The lowest BCUT2D eigenvalue weighted by Gasteiger charge is -2.34. The lowest BCUT2D eigenvalue weighted by atomic mass is 9.86. The Bertz CT molecular complexity index is 346. The van der Waals surface area contributed by atoms with Crippen molar-refractivity contribution in [2.45, 2.75) is 57.9 Å². The summed E-state index contributed by atoms with van der Waals surface area (Å²) in [5.41, 5.74) is 0.387. The third-order valence-electron chi connectivity index (χ3n) is 5.97. The Labute approximate surface area is 129 Å². The van der Waals surface area contributed by atoms with Crippen LogP contribution < -0.4 is 5.32 Å². The minimum absolute atomic E-state index is 0. The minimum atomic E-state index is 0. The van der Waals surface area contributed by atoms with Gasteiger partial charge in [0.05, 0.1) is 0 Å². The second kappa shape index (κ2) is 6.23. The quantitative estimate of drug-likeness (QED) is 0.850. The molecule has 1 N–H and O–H groups in total. The Hall–Kier alpha value is -0.280. The predicted octanol–water partition coefficient (Wildman–Crippen LogP) is 2.84. The van der Waals surface area contributed by atoms with E-state index in [1.54, 1.807) is 0 Å². The van der Waals surface area contributed by atoms with Crippen LogP contribution in [0, 0.1) is 17.3 Å². The molecule has 1 heterocycles. The number of hydrogen-bond acceptors (Lipinski definition) is 2. The van der Waals surface area contributed by atoms with Crippen molar-refractivity contribution in [1.82, 2.24) is 10.2 Å². The molecule has 116 valence electrons. The maximum atomic E-state index is 12.7. The number of rotatable bonds is 2. The fourth-order valence-electron chi connectivity index (χ4n) is 4.23. The van der Waals surface area contributed by atoms with Crippen LogP contribution in [0.5, 0.6) is 0 Å². The lowest BCUT2D eigenvalue weighted by molar-refractivity contribution is -0.135. The van der Waals surface area contributed by atoms with E-state index in [4.69, 9.17) is 0 Å². The van der Waals surface area contributed by atoms with Crippen LogP contribution in [0.2, 0.25) is 0 Å². The molecule has 0 aromatic heterocycles. The molecule has 3 fully saturated rings. The van der Waals surface area contributed by atoms with Crippen LogP contribution in [0.1, 0.15) is 51.9 Å². The van der Waals surface area contributed by atoms with Gasteiger partial charge < -0.3 is 10.2 Å². The highest BCUT2D eigenvalue weighted by Crippen LogP contribution is 2.59. The summed E-state index contributed by atoms with van der Waals surface area (Å²) in [7, 11) is 2.05. The van der Waals surface area contributed by atoms with E-state index in [1.807, 2.05) is 0 Å². The molecule has 1 saturated heterocycles. The maximum absolute atomic E-state index is 12.7. The second-order valence-electron chi connectivity index (χ2n) is 7.23. The highest BCUT2D eigenvalue weighted by atomic mass is 35.5. The molecule has 0 bridgehead atoms. The second-order valence-corrected chi connectivity index (χ2v) is 7.23. The largest absolute Gasteiger partial charge is 0.343 e. The zero-order valence-electron chi connectivity index (χ0n) is 12.9. The van der Waals surface area contributed by atoms with Crippen molar-refractivity contribution in [3.8, 4) is 0 Å². The molecule has 0 radical (unpaired) electrons. The molecule has 0 aromatic rings. The molecule has 1 aliphatic heterocycles. The van der Waals surface area contributed by atoms with Crippen molar-refractivity contribution < 1.29 is 4.79 Å². The van der Waals surface area contributed by atoms with Gasteiger partial charge in [0, 0.05) is 19.0 Å². The van der Waals surface area contributed by atoms with Crippen molar-refractivity contribution in [1.29, 1.82) is 0 Å². The van der Waals surface area contributed by atoms with Gasteiger partial charge in [0.25, 0.3) is 0 Å². The first-order chi connectivity index (χ1) is 9.12. The summed E-state index contributed by atoms with van der Waals surface area (Å²) in [6, 6.07) is 0.517. The van der Waals surface area contributed by atoms with Crippen molar-refractivity contribution in [2.75, 3.05) is 20.1 Å². The lowest BCUT2D eigenvalue weighted by Crippen LogP contribution is -2.41. The predicted molar refractivity (Wildman–Crippen MR) is 84.1 cm³/mol. The SMILES string of the molecule is CC1CCC(N(C)C(=O)C2CC23CCNCC3)CC1.Cl. The smallest absolute Gasteiger partial charge is 0.226 e. The van der Waals surface area contributed by atoms with Gasteiger partial charge in [-0.25, -0.2) is 0 Å². The Morgan fingerprint density at radius 1 is 1.15 bits per heavy atom. The monoisotopic (exact) mass is 300 g/mol. The Balaban J connectivity index is 0.00000147. The molecule has 1 amide bonds. The van der Waals surface area contributed by atoms with Crippen LogP contribution in [0.3, 0.4) is 0 Å². The van der Waals surface area contributed by atoms with Crippen LogP contribution in [-0.4, -0.2) is 37.0 Å². The number of piperidine rings is 1. The summed E-state index contributed by atoms with van der Waals surface area (Å²) < 4.78 is 0. The van der Waals surface area contributed by atoms with Gasteiger partial charge in [-0.15, -0.1) is 12.4 Å². The molecule has 3 rings (SSSR count). The van der Waals surface area contributed by atoms with Crippen LogP contribution >= 0.6 is 12.4 Å². The van der Waals surface area contributed by atoms with E-state index in [2.05, 4.69) is 24.2 Å². The summed E-state index contributed by atoms with van der Waals surface area (Å²) in [5.74, 6) is 1.65. The summed E-state index contributed by atoms with van der Waals surface area (Å²) >= 11 is 0. The number of nitrogens with zero attached hydrogens (tertiary/aromatic N) is 1.